The number of aromatic nitrogens is 4. The first-order valence-electron chi connectivity index (χ1n) is 7.47. The Morgan fingerprint density at radius 3 is 2.74 bits per heavy atom. The number of rotatable bonds is 7. The van der Waals surface area contributed by atoms with Crippen molar-refractivity contribution in [2.45, 2.75) is 39.8 Å². The molecule has 8 nitrogen and oxygen atoms in total. The molecular weight excluding hydrogens is 296 g/mol. The highest BCUT2D eigenvalue weighted by Gasteiger charge is 2.20. The van der Waals surface area contributed by atoms with Gasteiger partial charge in [-0.15, -0.1) is 0 Å². The topological polar surface area (TPSA) is 105 Å². The van der Waals surface area contributed by atoms with Crippen LogP contribution in [0.25, 0.3) is 0 Å². The molecule has 8 heteroatoms. The maximum absolute atomic E-state index is 12.3. The van der Waals surface area contributed by atoms with Crippen molar-refractivity contribution in [3.05, 3.63) is 35.9 Å². The summed E-state index contributed by atoms with van der Waals surface area (Å²) in [4.78, 5) is 34.7. The van der Waals surface area contributed by atoms with Crippen molar-refractivity contribution >= 4 is 11.8 Å². The molecule has 0 unspecified atom stereocenters. The maximum Gasteiger partial charge on any atom is 0.243 e. The van der Waals surface area contributed by atoms with E-state index in [9.17, 15) is 9.59 Å². The molecule has 0 spiro atoms. The molecule has 2 rings (SSSR count). The molecule has 0 saturated carbocycles. The lowest BCUT2D eigenvalue weighted by Gasteiger charge is -2.17. The van der Waals surface area contributed by atoms with Gasteiger partial charge in [0.2, 0.25) is 11.8 Å². The number of carbonyl (C=O) groups is 2. The summed E-state index contributed by atoms with van der Waals surface area (Å²) in [5.41, 5.74) is 2.85. The summed E-state index contributed by atoms with van der Waals surface area (Å²) in [6.07, 6.45) is 5.31. The second kappa shape index (κ2) is 7.57. The zero-order chi connectivity index (χ0) is 16.8. The van der Waals surface area contributed by atoms with Crippen LogP contribution in [0.15, 0.2) is 18.9 Å². The van der Waals surface area contributed by atoms with E-state index in [1.165, 1.54) is 6.92 Å². The Hall–Kier alpha value is -2.64. The predicted molar refractivity (Wildman–Crippen MR) is 84.6 cm³/mol. The molecule has 23 heavy (non-hydrogen) atoms. The standard InChI is InChI=1S/C15H22N6O2/c1-10-11(2)21(9-19-10)5-4-17-15(23)14(20-12(3)22)6-13-7-16-8-18-13/h7-9,14H,4-6H2,1-3H3,(H,16,18)(H,17,23)(H,20,22)/t14-/m0/s1. The Balaban J connectivity index is 1.89. The Morgan fingerprint density at radius 2 is 2.17 bits per heavy atom. The van der Waals surface area contributed by atoms with Gasteiger partial charge in [0.05, 0.1) is 18.3 Å². The highest BCUT2D eigenvalue weighted by atomic mass is 16.2. The summed E-state index contributed by atoms with van der Waals surface area (Å²) in [5, 5.41) is 5.51. The van der Waals surface area contributed by atoms with Crippen LogP contribution in [0.3, 0.4) is 0 Å². The van der Waals surface area contributed by atoms with E-state index in [2.05, 4.69) is 25.6 Å². The number of nitrogens with one attached hydrogen (secondary N) is 3. The molecule has 2 amide bonds. The fourth-order valence-corrected chi connectivity index (χ4v) is 2.26. The lowest BCUT2D eigenvalue weighted by Crippen LogP contribution is -2.48. The van der Waals surface area contributed by atoms with Crippen molar-refractivity contribution in [2.24, 2.45) is 0 Å². The third-order valence-electron chi connectivity index (χ3n) is 3.67. The number of hydrogen-bond acceptors (Lipinski definition) is 4. The number of imidazole rings is 2. The van der Waals surface area contributed by atoms with E-state index in [0.29, 0.717) is 19.5 Å². The van der Waals surface area contributed by atoms with Crippen molar-refractivity contribution < 1.29 is 9.59 Å². The summed E-state index contributed by atoms with van der Waals surface area (Å²) < 4.78 is 1.98. The first-order valence-corrected chi connectivity index (χ1v) is 7.47. The van der Waals surface area contributed by atoms with Crippen molar-refractivity contribution in [3.63, 3.8) is 0 Å². The molecule has 0 aliphatic rings. The van der Waals surface area contributed by atoms with E-state index in [-0.39, 0.29) is 11.8 Å². The van der Waals surface area contributed by atoms with Crippen LogP contribution in [0.1, 0.15) is 24.0 Å². The van der Waals surface area contributed by atoms with Gasteiger partial charge in [-0.2, -0.15) is 0 Å². The number of nitrogens with zero attached hydrogens (tertiary/aromatic N) is 3. The first-order chi connectivity index (χ1) is 11.0. The minimum Gasteiger partial charge on any atom is -0.353 e. The zero-order valence-corrected chi connectivity index (χ0v) is 13.6. The average Bonchev–Trinajstić information content (AvgIpc) is 3.11. The normalized spacial score (nSPS) is 12.0. The quantitative estimate of drug-likeness (QED) is 0.672. The third kappa shape index (κ3) is 4.67. The van der Waals surface area contributed by atoms with Gasteiger partial charge in [-0.05, 0) is 13.8 Å². The molecule has 124 valence electrons. The third-order valence-corrected chi connectivity index (χ3v) is 3.67. The van der Waals surface area contributed by atoms with Gasteiger partial charge in [0.1, 0.15) is 6.04 Å². The van der Waals surface area contributed by atoms with Gasteiger partial charge in [0.25, 0.3) is 0 Å². The minimum atomic E-state index is -0.626. The first kappa shape index (κ1) is 16.7. The van der Waals surface area contributed by atoms with Gasteiger partial charge >= 0.3 is 0 Å². The van der Waals surface area contributed by atoms with E-state index in [0.717, 1.165) is 17.1 Å². The van der Waals surface area contributed by atoms with Crippen LogP contribution in [0.5, 0.6) is 0 Å². The summed E-state index contributed by atoms with van der Waals surface area (Å²) in [6, 6.07) is -0.626. The molecule has 0 radical (unpaired) electrons. The Bertz CT molecular complexity index is 662. The molecule has 0 aliphatic carbocycles. The van der Waals surface area contributed by atoms with Crippen LogP contribution in [0.4, 0.5) is 0 Å². The van der Waals surface area contributed by atoms with Crippen LogP contribution >= 0.6 is 0 Å². The van der Waals surface area contributed by atoms with Gasteiger partial charge < -0.3 is 20.2 Å². The van der Waals surface area contributed by atoms with Crippen LogP contribution in [0, 0.1) is 13.8 Å². The fraction of sp³-hybridized carbons (Fsp3) is 0.467. The molecule has 3 N–H and O–H groups in total. The van der Waals surface area contributed by atoms with Gasteiger partial charge in [0, 0.05) is 44.0 Å². The number of carbonyl (C=O) groups excluding carboxylic acids is 2. The SMILES string of the molecule is CC(=O)N[C@@H](Cc1cnc[nH]1)C(=O)NCCn1cnc(C)c1C. The molecular formula is C15H22N6O2. The number of amides is 2. The van der Waals surface area contributed by atoms with Crippen LogP contribution in [-0.4, -0.2) is 43.9 Å². The van der Waals surface area contributed by atoms with Crippen molar-refractivity contribution in [1.29, 1.82) is 0 Å². The van der Waals surface area contributed by atoms with Crippen molar-refractivity contribution in [1.82, 2.24) is 30.2 Å². The van der Waals surface area contributed by atoms with Crippen LogP contribution < -0.4 is 10.6 Å². The highest BCUT2D eigenvalue weighted by molar-refractivity contribution is 5.87. The maximum atomic E-state index is 12.3. The monoisotopic (exact) mass is 318 g/mol. The smallest absolute Gasteiger partial charge is 0.243 e. The van der Waals surface area contributed by atoms with Gasteiger partial charge in [0.15, 0.2) is 0 Å². The average molecular weight is 318 g/mol. The molecule has 2 aromatic rings. The molecule has 2 heterocycles. The lowest BCUT2D eigenvalue weighted by atomic mass is 10.1. The fourth-order valence-electron chi connectivity index (χ4n) is 2.26. The van der Waals surface area contributed by atoms with Gasteiger partial charge in [-0.25, -0.2) is 9.97 Å². The molecule has 0 aliphatic heterocycles. The van der Waals surface area contributed by atoms with Gasteiger partial charge in [-0.3, -0.25) is 9.59 Å². The van der Waals surface area contributed by atoms with Crippen molar-refractivity contribution in [2.75, 3.05) is 6.54 Å². The zero-order valence-electron chi connectivity index (χ0n) is 13.6. The van der Waals surface area contributed by atoms with Gasteiger partial charge in [-0.1, -0.05) is 0 Å². The molecule has 1 atom stereocenters. The van der Waals surface area contributed by atoms with E-state index in [1.807, 2.05) is 18.4 Å². The van der Waals surface area contributed by atoms with Crippen LogP contribution in [-0.2, 0) is 22.6 Å². The van der Waals surface area contributed by atoms with E-state index in [4.69, 9.17) is 0 Å². The molecule has 2 aromatic heterocycles. The number of aryl methyl sites for hydroxylation is 1. The highest BCUT2D eigenvalue weighted by Crippen LogP contribution is 2.03. The Morgan fingerprint density at radius 1 is 1.39 bits per heavy atom. The summed E-state index contributed by atoms with van der Waals surface area (Å²) >= 11 is 0. The molecule has 0 fully saturated rings. The number of aromatic amines is 1. The summed E-state index contributed by atoms with van der Waals surface area (Å²) in [7, 11) is 0. The summed E-state index contributed by atoms with van der Waals surface area (Å²) in [6.45, 7) is 6.43. The molecule has 0 bridgehead atoms. The lowest BCUT2D eigenvalue weighted by molar-refractivity contribution is -0.128. The summed E-state index contributed by atoms with van der Waals surface area (Å²) in [5.74, 6) is -0.463. The Kier molecular flexibility index (Phi) is 5.51. The second-order valence-corrected chi connectivity index (χ2v) is 5.43. The predicted octanol–water partition coefficient (Wildman–Crippen LogP) is 0.0866. The largest absolute Gasteiger partial charge is 0.353 e. The van der Waals surface area contributed by atoms with E-state index < -0.39 is 6.04 Å². The molecule has 0 aromatic carbocycles. The van der Waals surface area contributed by atoms with Crippen molar-refractivity contribution in [3.8, 4) is 0 Å². The van der Waals surface area contributed by atoms with E-state index >= 15 is 0 Å². The molecule has 0 saturated heterocycles. The second-order valence-electron chi connectivity index (χ2n) is 5.43. The Labute approximate surface area is 134 Å². The number of hydrogen-bond donors (Lipinski definition) is 3. The number of H-pyrrole nitrogens is 1. The minimum absolute atomic E-state index is 0.218. The van der Waals surface area contributed by atoms with E-state index in [1.54, 1.807) is 18.9 Å². The van der Waals surface area contributed by atoms with Crippen LogP contribution in [0.2, 0.25) is 0 Å².